The fraction of sp³-hybridized carbons (Fsp3) is 0.455. The number of para-hydroxylation sites is 1. The molecule has 0 radical (unpaired) electrons. The van der Waals surface area contributed by atoms with Crippen LogP contribution < -0.4 is 4.74 Å². The Balaban J connectivity index is 2.00. The zero-order chi connectivity index (χ0) is 11.5. The quantitative estimate of drug-likeness (QED) is 0.634. The lowest BCUT2D eigenvalue weighted by atomic mass is 10.1. The van der Waals surface area contributed by atoms with E-state index in [2.05, 4.69) is 0 Å². The maximum atomic E-state index is 9.61. The van der Waals surface area contributed by atoms with E-state index in [0.29, 0.717) is 5.75 Å². The van der Waals surface area contributed by atoms with Crippen molar-refractivity contribution in [2.24, 2.45) is 0 Å². The predicted octanol–water partition coefficient (Wildman–Crippen LogP) is -0.496. The normalized spacial score (nSPS) is 34.7. The van der Waals surface area contributed by atoms with E-state index in [1.54, 1.807) is 24.3 Å². The van der Waals surface area contributed by atoms with Gasteiger partial charge in [0, 0.05) is 0 Å². The van der Waals surface area contributed by atoms with Crippen LogP contribution in [-0.2, 0) is 4.74 Å². The third kappa shape index (κ3) is 2.33. The first-order chi connectivity index (χ1) is 7.68. The van der Waals surface area contributed by atoms with Gasteiger partial charge in [-0.05, 0) is 12.1 Å². The molecule has 0 amide bonds. The first-order valence-corrected chi connectivity index (χ1v) is 5.06. The van der Waals surface area contributed by atoms with Crippen molar-refractivity contribution in [3.8, 4) is 5.75 Å². The Kier molecular flexibility index (Phi) is 3.40. The summed E-state index contributed by atoms with van der Waals surface area (Å²) in [6.07, 6.45) is -4.54. The molecule has 1 heterocycles. The van der Waals surface area contributed by atoms with Crippen LogP contribution in [0.25, 0.3) is 0 Å². The standard InChI is InChI=1S/C11H14O5/c12-8-6-15-11(10(14)9(8)13)16-7-4-2-1-3-5-7/h1-5,8-14H,6H2/t8-,9+,10-,11+/m0/s1. The Bertz CT molecular complexity index is 328. The van der Waals surface area contributed by atoms with Crippen LogP contribution in [0.5, 0.6) is 5.75 Å². The molecule has 4 atom stereocenters. The monoisotopic (exact) mass is 226 g/mol. The minimum Gasteiger partial charge on any atom is -0.462 e. The molecule has 1 aliphatic heterocycles. The predicted molar refractivity (Wildman–Crippen MR) is 54.8 cm³/mol. The topological polar surface area (TPSA) is 79.2 Å². The highest BCUT2D eigenvalue weighted by Crippen LogP contribution is 2.19. The van der Waals surface area contributed by atoms with Crippen molar-refractivity contribution in [3.63, 3.8) is 0 Å². The third-order valence-electron chi connectivity index (χ3n) is 2.45. The zero-order valence-electron chi connectivity index (χ0n) is 8.56. The summed E-state index contributed by atoms with van der Waals surface area (Å²) in [6, 6.07) is 8.84. The SMILES string of the molecule is O[C@@H]1[C@@H](Oc2ccccc2)OC[C@H](O)[C@H]1O. The van der Waals surface area contributed by atoms with Crippen LogP contribution in [0.15, 0.2) is 30.3 Å². The highest BCUT2D eigenvalue weighted by atomic mass is 16.7. The summed E-state index contributed by atoms with van der Waals surface area (Å²) >= 11 is 0. The van der Waals surface area contributed by atoms with E-state index in [0.717, 1.165) is 0 Å². The van der Waals surface area contributed by atoms with Crippen molar-refractivity contribution in [1.82, 2.24) is 0 Å². The first-order valence-electron chi connectivity index (χ1n) is 5.06. The first kappa shape index (κ1) is 11.3. The summed E-state index contributed by atoms with van der Waals surface area (Å²) in [4.78, 5) is 0. The third-order valence-corrected chi connectivity index (χ3v) is 2.45. The molecule has 1 aliphatic rings. The average Bonchev–Trinajstić information content (AvgIpc) is 2.31. The Morgan fingerprint density at radius 3 is 2.44 bits per heavy atom. The number of aliphatic hydroxyl groups is 3. The molecule has 0 spiro atoms. The number of hydrogen-bond donors (Lipinski definition) is 3. The molecule has 88 valence electrons. The van der Waals surface area contributed by atoms with Gasteiger partial charge in [-0.1, -0.05) is 18.2 Å². The van der Waals surface area contributed by atoms with Crippen molar-refractivity contribution >= 4 is 0 Å². The fourth-order valence-electron chi connectivity index (χ4n) is 1.52. The molecule has 0 unspecified atom stereocenters. The number of hydrogen-bond acceptors (Lipinski definition) is 5. The Morgan fingerprint density at radius 1 is 1.06 bits per heavy atom. The Morgan fingerprint density at radius 2 is 1.75 bits per heavy atom. The van der Waals surface area contributed by atoms with Gasteiger partial charge in [0.15, 0.2) is 0 Å². The summed E-state index contributed by atoms with van der Waals surface area (Å²) in [5.74, 6) is 0.537. The summed E-state index contributed by atoms with van der Waals surface area (Å²) in [6.45, 7) is -0.0598. The van der Waals surface area contributed by atoms with Crippen molar-refractivity contribution in [2.75, 3.05) is 6.61 Å². The molecule has 16 heavy (non-hydrogen) atoms. The van der Waals surface area contributed by atoms with Gasteiger partial charge in [0.1, 0.15) is 24.1 Å². The summed E-state index contributed by atoms with van der Waals surface area (Å²) in [7, 11) is 0. The molecule has 0 aromatic heterocycles. The van der Waals surface area contributed by atoms with Crippen molar-refractivity contribution in [1.29, 1.82) is 0 Å². The van der Waals surface area contributed by atoms with Crippen LogP contribution in [0.4, 0.5) is 0 Å². The number of rotatable bonds is 2. The molecule has 3 N–H and O–H groups in total. The molecule has 1 saturated heterocycles. The van der Waals surface area contributed by atoms with Crippen LogP contribution in [0.3, 0.4) is 0 Å². The van der Waals surface area contributed by atoms with Crippen LogP contribution in [-0.4, -0.2) is 46.5 Å². The molecule has 5 heteroatoms. The van der Waals surface area contributed by atoms with E-state index < -0.39 is 24.6 Å². The molecule has 5 nitrogen and oxygen atoms in total. The van der Waals surface area contributed by atoms with Gasteiger partial charge in [0.25, 0.3) is 0 Å². The highest BCUT2D eigenvalue weighted by molar-refractivity contribution is 5.21. The number of benzene rings is 1. The molecule has 1 fully saturated rings. The van der Waals surface area contributed by atoms with Gasteiger partial charge in [-0.2, -0.15) is 0 Å². The summed E-state index contributed by atoms with van der Waals surface area (Å²) in [5, 5.41) is 28.3. The van der Waals surface area contributed by atoms with Crippen LogP contribution in [0.2, 0.25) is 0 Å². The minimum atomic E-state index is -1.26. The van der Waals surface area contributed by atoms with E-state index in [1.807, 2.05) is 6.07 Å². The van der Waals surface area contributed by atoms with E-state index in [9.17, 15) is 15.3 Å². The maximum absolute atomic E-state index is 9.61. The molecule has 2 rings (SSSR count). The lowest BCUT2D eigenvalue weighted by molar-refractivity contribution is -0.242. The second-order valence-corrected chi connectivity index (χ2v) is 3.68. The number of aliphatic hydroxyl groups excluding tert-OH is 3. The van der Waals surface area contributed by atoms with Gasteiger partial charge in [-0.3, -0.25) is 0 Å². The fourth-order valence-corrected chi connectivity index (χ4v) is 1.52. The van der Waals surface area contributed by atoms with Crippen molar-refractivity contribution < 1.29 is 24.8 Å². The lowest BCUT2D eigenvalue weighted by Gasteiger charge is -2.34. The van der Waals surface area contributed by atoms with Gasteiger partial charge >= 0.3 is 0 Å². The number of ether oxygens (including phenoxy) is 2. The molecule has 0 bridgehead atoms. The summed E-state index contributed by atoms with van der Waals surface area (Å²) < 4.78 is 10.4. The average molecular weight is 226 g/mol. The molecular formula is C11H14O5. The van der Waals surface area contributed by atoms with Crippen molar-refractivity contribution in [2.45, 2.75) is 24.6 Å². The van der Waals surface area contributed by atoms with E-state index in [4.69, 9.17) is 9.47 Å². The molecule has 1 aromatic carbocycles. The zero-order valence-corrected chi connectivity index (χ0v) is 8.56. The molecule has 0 saturated carbocycles. The molecule has 0 aliphatic carbocycles. The Labute approximate surface area is 92.9 Å². The van der Waals surface area contributed by atoms with E-state index in [-0.39, 0.29) is 6.61 Å². The minimum absolute atomic E-state index is 0.0598. The van der Waals surface area contributed by atoms with E-state index in [1.165, 1.54) is 0 Å². The molecule has 1 aromatic rings. The smallest absolute Gasteiger partial charge is 0.228 e. The van der Waals surface area contributed by atoms with Crippen LogP contribution >= 0.6 is 0 Å². The van der Waals surface area contributed by atoms with Gasteiger partial charge in [-0.25, -0.2) is 0 Å². The van der Waals surface area contributed by atoms with E-state index >= 15 is 0 Å². The van der Waals surface area contributed by atoms with Crippen molar-refractivity contribution in [3.05, 3.63) is 30.3 Å². The second-order valence-electron chi connectivity index (χ2n) is 3.68. The lowest BCUT2D eigenvalue weighted by Crippen LogP contribution is -2.54. The van der Waals surface area contributed by atoms with Gasteiger partial charge in [0.2, 0.25) is 6.29 Å². The largest absolute Gasteiger partial charge is 0.462 e. The maximum Gasteiger partial charge on any atom is 0.228 e. The Hall–Kier alpha value is -1.14. The summed E-state index contributed by atoms with van der Waals surface area (Å²) in [5.41, 5.74) is 0. The van der Waals surface area contributed by atoms with Gasteiger partial charge in [-0.15, -0.1) is 0 Å². The van der Waals surface area contributed by atoms with Crippen LogP contribution in [0.1, 0.15) is 0 Å². The molecular weight excluding hydrogens is 212 g/mol. The highest BCUT2D eigenvalue weighted by Gasteiger charge is 2.38. The second kappa shape index (κ2) is 4.80. The van der Waals surface area contributed by atoms with Gasteiger partial charge in [0.05, 0.1) is 6.61 Å². The van der Waals surface area contributed by atoms with Gasteiger partial charge < -0.3 is 24.8 Å². The van der Waals surface area contributed by atoms with Crippen LogP contribution in [0, 0.1) is 0 Å².